The van der Waals surface area contributed by atoms with Crippen molar-refractivity contribution in [3.05, 3.63) is 68.6 Å². The molecule has 2 aromatic carbocycles. The molecule has 0 saturated carbocycles. The zero-order valence-corrected chi connectivity index (χ0v) is 24.1. The number of aryl methyl sites for hydroxylation is 1. The summed E-state index contributed by atoms with van der Waals surface area (Å²) in [6.07, 6.45) is -4.53. The van der Waals surface area contributed by atoms with Crippen LogP contribution < -0.4 is 15.2 Å². The third-order valence-corrected chi connectivity index (χ3v) is 9.05. The maximum absolute atomic E-state index is 13.3. The van der Waals surface area contributed by atoms with Crippen molar-refractivity contribution in [2.45, 2.75) is 31.8 Å². The number of carbonyl (C=O) groups is 2. The van der Waals surface area contributed by atoms with Gasteiger partial charge < -0.3 is 24.2 Å². The average molecular weight is 623 g/mol. The van der Waals surface area contributed by atoms with Crippen molar-refractivity contribution in [1.82, 2.24) is 9.80 Å². The number of hydrogen-bond donors (Lipinski definition) is 2. The van der Waals surface area contributed by atoms with Crippen molar-refractivity contribution < 1.29 is 40.7 Å². The number of anilines is 2. The van der Waals surface area contributed by atoms with Gasteiger partial charge in [0.15, 0.2) is 0 Å². The molecule has 0 aliphatic carbocycles. The van der Waals surface area contributed by atoms with E-state index in [4.69, 9.17) is 14.3 Å². The summed E-state index contributed by atoms with van der Waals surface area (Å²) < 4.78 is 63.8. The molecule has 0 atom stereocenters. The third kappa shape index (κ3) is 6.18. The van der Waals surface area contributed by atoms with Crippen LogP contribution in [-0.2, 0) is 33.5 Å². The Morgan fingerprint density at radius 3 is 2.35 bits per heavy atom. The topological polar surface area (TPSA) is 140 Å². The van der Waals surface area contributed by atoms with Crippen LogP contribution >= 0.6 is 0 Å². The molecule has 0 unspecified atom stereocenters. The maximum atomic E-state index is 13.3. The molecule has 0 bridgehead atoms. The molecular weight excluding hydrogens is 593 g/mol. The molecule has 11 nitrogen and oxygen atoms in total. The highest BCUT2D eigenvalue weighted by Gasteiger charge is 2.38. The van der Waals surface area contributed by atoms with E-state index >= 15 is 0 Å². The number of carboxylic acids is 1. The molecule has 15 heteroatoms. The predicted molar refractivity (Wildman–Crippen MR) is 152 cm³/mol. The van der Waals surface area contributed by atoms with Gasteiger partial charge in [-0.25, -0.2) is 18.0 Å². The van der Waals surface area contributed by atoms with Gasteiger partial charge in [-0.2, -0.15) is 13.2 Å². The lowest BCUT2D eigenvalue weighted by molar-refractivity contribution is -0.192. The lowest BCUT2D eigenvalue weighted by Gasteiger charge is -2.35. The van der Waals surface area contributed by atoms with Crippen LogP contribution in [0.1, 0.15) is 32.6 Å². The van der Waals surface area contributed by atoms with Crippen LogP contribution in [0.15, 0.2) is 39.5 Å². The number of benzene rings is 2. The number of rotatable bonds is 2. The van der Waals surface area contributed by atoms with Crippen molar-refractivity contribution in [3.63, 3.8) is 0 Å². The second kappa shape index (κ2) is 11.2. The molecular formula is C28H29F3N4O7S. The average Bonchev–Trinajstić information content (AvgIpc) is 3.26. The number of halogens is 3. The van der Waals surface area contributed by atoms with Gasteiger partial charge in [-0.05, 0) is 61.9 Å². The van der Waals surface area contributed by atoms with Gasteiger partial charge in [0.05, 0.1) is 23.5 Å². The summed E-state index contributed by atoms with van der Waals surface area (Å²) in [5, 5.41) is 8.06. The third-order valence-electron chi connectivity index (χ3n) is 7.83. The first-order valence-electron chi connectivity index (χ1n) is 13.4. The van der Waals surface area contributed by atoms with Crippen LogP contribution in [0, 0.1) is 6.92 Å². The number of fused-ring (bicyclic) bond motifs is 4. The first kappa shape index (κ1) is 30.4. The number of alkyl halides is 3. The Bertz CT molecular complexity index is 1780. The Hall–Kier alpha value is -4.11. The first-order valence-corrected chi connectivity index (χ1v) is 15.0. The highest BCUT2D eigenvalue weighted by Crippen LogP contribution is 2.34. The van der Waals surface area contributed by atoms with Crippen LogP contribution in [0.3, 0.4) is 0 Å². The molecule has 0 radical (unpaired) electrons. The molecule has 6 rings (SSSR count). The number of hydrogen-bond acceptors (Lipinski definition) is 8. The van der Waals surface area contributed by atoms with Gasteiger partial charge in [-0.1, -0.05) is 0 Å². The van der Waals surface area contributed by atoms with Gasteiger partial charge in [0.25, 0.3) is 5.91 Å². The van der Waals surface area contributed by atoms with Crippen LogP contribution in [-0.4, -0.2) is 81.1 Å². The Labute approximate surface area is 244 Å². The van der Waals surface area contributed by atoms with Crippen molar-refractivity contribution in [2.24, 2.45) is 0 Å². The lowest BCUT2D eigenvalue weighted by Crippen LogP contribution is -2.44. The second-order valence-electron chi connectivity index (χ2n) is 10.7. The molecule has 3 aliphatic heterocycles. The summed E-state index contributed by atoms with van der Waals surface area (Å²) in [6, 6.07) is 9.03. The summed E-state index contributed by atoms with van der Waals surface area (Å²) >= 11 is 0. The zero-order chi connectivity index (χ0) is 31.3. The summed E-state index contributed by atoms with van der Waals surface area (Å²) in [5.74, 6) is -3.13. The van der Waals surface area contributed by atoms with Crippen LogP contribution in [0.25, 0.3) is 11.0 Å². The molecule has 4 heterocycles. The van der Waals surface area contributed by atoms with E-state index in [1.807, 2.05) is 13.0 Å². The Balaban J connectivity index is 0.000000472. The Morgan fingerprint density at radius 1 is 1.02 bits per heavy atom. The highest BCUT2D eigenvalue weighted by atomic mass is 32.2. The number of nitrogens with one attached hydrogen (secondary N) is 1. The number of aliphatic carboxylic acids is 1. The maximum Gasteiger partial charge on any atom is 0.490 e. The van der Waals surface area contributed by atoms with E-state index in [1.54, 1.807) is 23.1 Å². The Kier molecular flexibility index (Phi) is 7.90. The fourth-order valence-corrected chi connectivity index (χ4v) is 6.81. The quantitative estimate of drug-likeness (QED) is 0.413. The number of carboxylic acid groups (broad SMARTS) is 1. The van der Waals surface area contributed by atoms with E-state index in [1.165, 1.54) is 0 Å². The van der Waals surface area contributed by atoms with Crippen LogP contribution in [0.5, 0.6) is 0 Å². The molecule has 2 N–H and O–H groups in total. The molecule has 1 fully saturated rings. The number of likely N-dealkylation sites (N-methyl/N-ethyl adjacent to an activating group) is 1. The molecule has 43 heavy (non-hydrogen) atoms. The Morgan fingerprint density at radius 2 is 1.70 bits per heavy atom. The van der Waals surface area contributed by atoms with E-state index in [0.717, 1.165) is 48.4 Å². The number of piperazine rings is 1. The predicted octanol–water partition coefficient (Wildman–Crippen LogP) is 2.94. The van der Waals surface area contributed by atoms with Gasteiger partial charge in [0, 0.05) is 54.9 Å². The van der Waals surface area contributed by atoms with E-state index in [0.29, 0.717) is 40.9 Å². The SMILES string of the molecule is Cc1c(N2CCN(C)CC2)ccc2c3c(c(=O)oc12)CN(C(=O)c1ccc2c(c1)CS(=O)(=O)N2)CC3.O=C(O)C(F)(F)F. The summed E-state index contributed by atoms with van der Waals surface area (Å²) in [7, 11) is -1.27. The van der Waals surface area contributed by atoms with Gasteiger partial charge in [-0.3, -0.25) is 9.52 Å². The minimum Gasteiger partial charge on any atom is -0.475 e. The van der Waals surface area contributed by atoms with E-state index in [9.17, 15) is 31.2 Å². The summed E-state index contributed by atoms with van der Waals surface area (Å²) in [4.78, 5) is 41.5. The van der Waals surface area contributed by atoms with Gasteiger partial charge in [0.1, 0.15) is 5.58 Å². The largest absolute Gasteiger partial charge is 0.490 e. The molecule has 0 spiro atoms. The second-order valence-corrected chi connectivity index (χ2v) is 12.5. The van der Waals surface area contributed by atoms with Gasteiger partial charge in [0.2, 0.25) is 10.0 Å². The van der Waals surface area contributed by atoms with Gasteiger partial charge in [-0.15, -0.1) is 0 Å². The summed E-state index contributed by atoms with van der Waals surface area (Å²) in [5.41, 5.74) is 5.25. The van der Waals surface area contributed by atoms with Crippen molar-refractivity contribution in [3.8, 4) is 0 Å². The standard InChI is InChI=1S/C26H28N4O5S.C2HF3O2/c1-16-23(29-11-9-28(2)10-12-29)6-4-20-19-7-8-30(14-21(19)26(32)35-24(16)20)25(31)17-3-5-22-18(13-17)15-36(33,34)27-22;3-2(4,5)1(6)7/h3-6,13,27H,7-12,14-15H2,1-2H3;(H,6,7). The molecule has 1 saturated heterocycles. The molecule has 3 aliphatic rings. The highest BCUT2D eigenvalue weighted by molar-refractivity contribution is 7.92. The van der Waals surface area contributed by atoms with Crippen LogP contribution in [0.2, 0.25) is 0 Å². The fourth-order valence-electron chi connectivity index (χ4n) is 5.55. The smallest absolute Gasteiger partial charge is 0.475 e. The monoisotopic (exact) mass is 622 g/mol. The number of nitrogens with zero attached hydrogens (tertiary/aromatic N) is 3. The molecule has 1 aromatic heterocycles. The van der Waals surface area contributed by atoms with Crippen molar-refractivity contribution in [1.29, 1.82) is 0 Å². The molecule has 1 amide bonds. The van der Waals surface area contributed by atoms with E-state index in [-0.39, 0.29) is 18.2 Å². The van der Waals surface area contributed by atoms with Crippen molar-refractivity contribution >= 4 is 44.2 Å². The zero-order valence-electron chi connectivity index (χ0n) is 23.3. The van der Waals surface area contributed by atoms with Crippen LogP contribution in [0.4, 0.5) is 24.5 Å². The number of amides is 1. The minimum atomic E-state index is -5.08. The minimum absolute atomic E-state index is 0.142. The fraction of sp³-hybridized carbons (Fsp3) is 0.393. The van der Waals surface area contributed by atoms with E-state index < -0.39 is 27.8 Å². The normalized spacial score (nSPS) is 17.9. The lowest BCUT2D eigenvalue weighted by atomic mass is 9.95. The molecule has 230 valence electrons. The summed E-state index contributed by atoms with van der Waals surface area (Å²) in [6.45, 7) is 6.49. The number of sulfonamides is 1. The molecule has 3 aromatic rings. The number of carbonyl (C=O) groups excluding carboxylic acids is 1. The van der Waals surface area contributed by atoms with E-state index in [2.05, 4.69) is 27.6 Å². The first-order chi connectivity index (χ1) is 20.1. The van der Waals surface area contributed by atoms with Crippen molar-refractivity contribution in [2.75, 3.05) is 49.4 Å². The van der Waals surface area contributed by atoms with Gasteiger partial charge >= 0.3 is 17.8 Å².